The van der Waals surface area contributed by atoms with E-state index in [0.717, 1.165) is 33.6 Å². The van der Waals surface area contributed by atoms with Crippen LogP contribution in [0.4, 0.5) is 5.82 Å². The first-order valence-electron chi connectivity index (χ1n) is 7.20. The SMILES string of the molecule is CCSNc1ccc(Cc2cc3ccccc3[nH]c2=O)cn1. The fourth-order valence-corrected chi connectivity index (χ4v) is 2.69. The molecule has 0 atom stereocenters. The lowest BCUT2D eigenvalue weighted by Crippen LogP contribution is -2.12. The van der Waals surface area contributed by atoms with Crippen molar-refractivity contribution in [2.24, 2.45) is 0 Å². The summed E-state index contributed by atoms with van der Waals surface area (Å²) in [5.74, 6) is 1.82. The van der Waals surface area contributed by atoms with Crippen LogP contribution >= 0.6 is 11.9 Å². The van der Waals surface area contributed by atoms with Crippen LogP contribution in [-0.4, -0.2) is 15.7 Å². The Balaban J connectivity index is 1.83. The highest BCUT2D eigenvalue weighted by Gasteiger charge is 2.04. The smallest absolute Gasteiger partial charge is 0.251 e. The molecule has 2 aromatic heterocycles. The van der Waals surface area contributed by atoms with Gasteiger partial charge in [0.05, 0.1) is 0 Å². The van der Waals surface area contributed by atoms with Crippen LogP contribution in [-0.2, 0) is 6.42 Å². The maximum atomic E-state index is 12.2. The second-order valence-electron chi connectivity index (χ2n) is 4.97. The molecule has 0 saturated carbocycles. The predicted molar refractivity (Wildman–Crippen MR) is 93.4 cm³/mol. The molecule has 3 aromatic rings. The quantitative estimate of drug-likeness (QED) is 0.707. The number of hydrogen-bond donors (Lipinski definition) is 2. The average molecular weight is 311 g/mol. The van der Waals surface area contributed by atoms with Crippen molar-refractivity contribution in [3.05, 3.63) is 70.1 Å². The van der Waals surface area contributed by atoms with Gasteiger partial charge in [0.15, 0.2) is 0 Å². The summed E-state index contributed by atoms with van der Waals surface area (Å²) in [6.45, 7) is 2.08. The number of aromatic amines is 1. The van der Waals surface area contributed by atoms with Gasteiger partial charge >= 0.3 is 0 Å². The number of para-hydroxylation sites is 1. The van der Waals surface area contributed by atoms with E-state index < -0.39 is 0 Å². The Morgan fingerprint density at radius 2 is 2.09 bits per heavy atom. The van der Waals surface area contributed by atoms with Gasteiger partial charge in [0.25, 0.3) is 5.56 Å². The minimum Gasteiger partial charge on any atom is -0.322 e. The Hall–Kier alpha value is -2.27. The zero-order chi connectivity index (χ0) is 15.4. The lowest BCUT2D eigenvalue weighted by atomic mass is 10.1. The van der Waals surface area contributed by atoms with Gasteiger partial charge in [-0.05, 0) is 29.1 Å². The fourth-order valence-electron chi connectivity index (χ4n) is 2.28. The predicted octanol–water partition coefficient (Wildman–Crippen LogP) is 3.59. The van der Waals surface area contributed by atoms with Crippen molar-refractivity contribution >= 4 is 28.7 Å². The van der Waals surface area contributed by atoms with Crippen LogP contribution in [0.5, 0.6) is 0 Å². The van der Waals surface area contributed by atoms with Crippen molar-refractivity contribution in [1.82, 2.24) is 9.97 Å². The van der Waals surface area contributed by atoms with E-state index in [1.807, 2.05) is 48.7 Å². The summed E-state index contributed by atoms with van der Waals surface area (Å²) >= 11 is 1.61. The minimum atomic E-state index is -0.0394. The molecule has 1 aromatic carbocycles. The van der Waals surface area contributed by atoms with E-state index in [1.165, 1.54) is 0 Å². The molecule has 0 amide bonds. The molecule has 22 heavy (non-hydrogen) atoms. The van der Waals surface area contributed by atoms with E-state index in [2.05, 4.69) is 21.6 Å². The molecule has 0 saturated heterocycles. The molecule has 4 nitrogen and oxygen atoms in total. The Kier molecular flexibility index (Phi) is 4.44. The molecular weight excluding hydrogens is 294 g/mol. The molecule has 0 aliphatic rings. The number of H-pyrrole nitrogens is 1. The highest BCUT2D eigenvalue weighted by molar-refractivity contribution is 8.00. The molecule has 112 valence electrons. The van der Waals surface area contributed by atoms with Gasteiger partial charge in [-0.1, -0.05) is 43.1 Å². The third-order valence-corrected chi connectivity index (χ3v) is 4.01. The third-order valence-electron chi connectivity index (χ3n) is 3.37. The van der Waals surface area contributed by atoms with Crippen LogP contribution < -0.4 is 10.3 Å². The number of anilines is 1. The monoisotopic (exact) mass is 311 g/mol. The van der Waals surface area contributed by atoms with Gasteiger partial charge in [-0.2, -0.15) is 0 Å². The Morgan fingerprint density at radius 1 is 1.23 bits per heavy atom. The number of rotatable bonds is 5. The van der Waals surface area contributed by atoms with Gasteiger partial charge in [-0.25, -0.2) is 4.98 Å². The van der Waals surface area contributed by atoms with Gasteiger partial charge in [-0.15, -0.1) is 0 Å². The van der Waals surface area contributed by atoms with E-state index >= 15 is 0 Å². The number of benzene rings is 1. The third kappa shape index (κ3) is 3.31. The summed E-state index contributed by atoms with van der Waals surface area (Å²) in [5.41, 5.74) is 2.60. The molecule has 3 rings (SSSR count). The van der Waals surface area contributed by atoms with E-state index in [0.29, 0.717) is 6.42 Å². The number of pyridine rings is 2. The summed E-state index contributed by atoms with van der Waals surface area (Å²) in [6, 6.07) is 13.7. The lowest BCUT2D eigenvalue weighted by molar-refractivity contribution is 1.10. The first kappa shape index (κ1) is 14.7. The standard InChI is InChI=1S/C17H17N3OS/c1-2-22-20-16-8-7-12(11-18-16)9-14-10-13-5-3-4-6-15(13)19-17(14)21/h3-8,10-11H,2,9H2,1H3,(H,18,20)(H,19,21). The molecule has 0 bridgehead atoms. The van der Waals surface area contributed by atoms with E-state index in [-0.39, 0.29) is 5.56 Å². The fraction of sp³-hybridized carbons (Fsp3) is 0.176. The van der Waals surface area contributed by atoms with Crippen LogP contribution in [0.15, 0.2) is 53.5 Å². The zero-order valence-corrected chi connectivity index (χ0v) is 13.1. The maximum absolute atomic E-state index is 12.2. The van der Waals surface area contributed by atoms with Gasteiger partial charge in [0.2, 0.25) is 0 Å². The maximum Gasteiger partial charge on any atom is 0.251 e. The van der Waals surface area contributed by atoms with Crippen molar-refractivity contribution in [2.75, 3.05) is 10.5 Å². The molecular formula is C17H17N3OS. The van der Waals surface area contributed by atoms with E-state index in [1.54, 1.807) is 11.9 Å². The molecule has 0 unspecified atom stereocenters. The van der Waals surface area contributed by atoms with E-state index in [9.17, 15) is 4.79 Å². The van der Waals surface area contributed by atoms with E-state index in [4.69, 9.17) is 0 Å². The zero-order valence-electron chi connectivity index (χ0n) is 12.3. The number of hydrogen-bond acceptors (Lipinski definition) is 4. The topological polar surface area (TPSA) is 57.8 Å². The summed E-state index contributed by atoms with van der Waals surface area (Å²) in [5, 5.41) is 1.04. The minimum absolute atomic E-state index is 0.0394. The number of aromatic nitrogens is 2. The van der Waals surface area contributed by atoms with Crippen molar-refractivity contribution in [3.8, 4) is 0 Å². The molecule has 5 heteroatoms. The Bertz CT molecular complexity index is 827. The first-order valence-corrected chi connectivity index (χ1v) is 8.18. The highest BCUT2D eigenvalue weighted by atomic mass is 32.2. The molecule has 2 N–H and O–H groups in total. The number of nitrogens with zero attached hydrogens (tertiary/aromatic N) is 1. The summed E-state index contributed by atoms with van der Waals surface area (Å²) in [7, 11) is 0. The van der Waals surface area contributed by atoms with Gasteiger partial charge in [0, 0.05) is 29.5 Å². The Labute approximate surface area is 133 Å². The van der Waals surface area contributed by atoms with Gasteiger partial charge in [0.1, 0.15) is 5.82 Å². The van der Waals surface area contributed by atoms with Crippen molar-refractivity contribution in [1.29, 1.82) is 0 Å². The molecule has 2 heterocycles. The highest BCUT2D eigenvalue weighted by Crippen LogP contribution is 2.14. The molecule has 0 aliphatic heterocycles. The van der Waals surface area contributed by atoms with Crippen molar-refractivity contribution in [3.63, 3.8) is 0 Å². The summed E-state index contributed by atoms with van der Waals surface area (Å²) in [6.07, 6.45) is 2.39. The van der Waals surface area contributed by atoms with Gasteiger partial charge < -0.3 is 9.71 Å². The Morgan fingerprint density at radius 3 is 2.86 bits per heavy atom. The van der Waals surface area contributed by atoms with Crippen LogP contribution in [0.25, 0.3) is 10.9 Å². The molecule has 0 radical (unpaired) electrons. The molecule has 0 spiro atoms. The number of nitrogens with one attached hydrogen (secondary N) is 2. The first-order chi connectivity index (χ1) is 10.8. The van der Waals surface area contributed by atoms with Crippen LogP contribution in [0, 0.1) is 0 Å². The largest absolute Gasteiger partial charge is 0.322 e. The second kappa shape index (κ2) is 6.66. The van der Waals surface area contributed by atoms with Crippen molar-refractivity contribution in [2.45, 2.75) is 13.3 Å². The number of fused-ring (bicyclic) bond motifs is 1. The van der Waals surface area contributed by atoms with Crippen molar-refractivity contribution < 1.29 is 0 Å². The van der Waals surface area contributed by atoms with Gasteiger partial charge in [-0.3, -0.25) is 4.79 Å². The second-order valence-corrected chi connectivity index (χ2v) is 6.04. The summed E-state index contributed by atoms with van der Waals surface area (Å²) in [4.78, 5) is 19.4. The summed E-state index contributed by atoms with van der Waals surface area (Å²) < 4.78 is 3.16. The normalized spacial score (nSPS) is 10.8. The lowest BCUT2D eigenvalue weighted by Gasteiger charge is -2.06. The molecule has 0 fully saturated rings. The van der Waals surface area contributed by atoms with Crippen LogP contribution in [0.1, 0.15) is 18.1 Å². The van der Waals surface area contributed by atoms with Crippen LogP contribution in [0.2, 0.25) is 0 Å². The average Bonchev–Trinajstić information content (AvgIpc) is 2.55. The molecule has 0 aliphatic carbocycles. The van der Waals surface area contributed by atoms with Crippen LogP contribution in [0.3, 0.4) is 0 Å².